The van der Waals surface area contributed by atoms with Crippen LogP contribution in [0.15, 0.2) is 34.2 Å². The third-order valence-electron chi connectivity index (χ3n) is 1.50. The van der Waals surface area contributed by atoms with Crippen LogP contribution in [0.4, 0.5) is 4.39 Å². The molecule has 0 aliphatic rings. The number of hydrogen-bond donors (Lipinski definition) is 0. The fraction of sp³-hybridized carbons (Fsp3) is 0. The van der Waals surface area contributed by atoms with Crippen molar-refractivity contribution >= 4 is 27.3 Å². The van der Waals surface area contributed by atoms with Gasteiger partial charge in [0, 0.05) is 16.0 Å². The average Bonchev–Trinajstić information content (AvgIpc) is 2.64. The molecule has 1 heterocycles. The molecule has 1 aromatic heterocycles. The first-order chi connectivity index (χ1) is 6.75. The van der Waals surface area contributed by atoms with Crippen LogP contribution in [0, 0.1) is 5.82 Å². The van der Waals surface area contributed by atoms with Crippen molar-refractivity contribution in [3.05, 3.63) is 40.1 Å². The van der Waals surface area contributed by atoms with Gasteiger partial charge in [-0.2, -0.15) is 0 Å². The molecule has 0 fully saturated rings. The van der Waals surface area contributed by atoms with E-state index in [1.54, 1.807) is 23.7 Å². The van der Waals surface area contributed by atoms with Crippen LogP contribution in [-0.2, 0) is 0 Å². The number of aromatic nitrogens is 1. The van der Waals surface area contributed by atoms with Gasteiger partial charge in [-0.1, -0.05) is 27.3 Å². The number of halogens is 2. The van der Waals surface area contributed by atoms with Crippen LogP contribution in [0.1, 0.15) is 0 Å². The lowest BCUT2D eigenvalue weighted by atomic mass is 10.3. The van der Waals surface area contributed by atoms with E-state index in [9.17, 15) is 4.39 Å². The zero-order chi connectivity index (χ0) is 9.97. The van der Waals surface area contributed by atoms with E-state index in [4.69, 9.17) is 4.74 Å². The van der Waals surface area contributed by atoms with Gasteiger partial charge in [0.25, 0.3) is 5.19 Å². The minimum Gasteiger partial charge on any atom is -0.428 e. The lowest BCUT2D eigenvalue weighted by Crippen LogP contribution is -1.87. The molecule has 0 spiro atoms. The van der Waals surface area contributed by atoms with Gasteiger partial charge in [-0.25, -0.2) is 9.37 Å². The second kappa shape index (κ2) is 4.06. The highest BCUT2D eigenvalue weighted by Gasteiger charge is 2.06. The lowest BCUT2D eigenvalue weighted by molar-refractivity contribution is 0.439. The van der Waals surface area contributed by atoms with Gasteiger partial charge in [0.2, 0.25) is 0 Å². The SMILES string of the molecule is Fc1ccc(Br)cc1Oc1nccs1. The molecule has 0 aliphatic heterocycles. The summed E-state index contributed by atoms with van der Waals surface area (Å²) in [6, 6.07) is 4.52. The third-order valence-corrected chi connectivity index (χ3v) is 2.64. The van der Waals surface area contributed by atoms with E-state index in [0.717, 1.165) is 4.47 Å². The van der Waals surface area contributed by atoms with Gasteiger partial charge in [-0.15, -0.1) is 0 Å². The molecule has 0 atom stereocenters. The maximum absolute atomic E-state index is 13.2. The van der Waals surface area contributed by atoms with Crippen molar-refractivity contribution in [2.45, 2.75) is 0 Å². The van der Waals surface area contributed by atoms with E-state index in [2.05, 4.69) is 20.9 Å². The second-order valence-corrected chi connectivity index (χ2v) is 4.25. The Morgan fingerprint density at radius 1 is 1.43 bits per heavy atom. The van der Waals surface area contributed by atoms with Crippen molar-refractivity contribution in [1.82, 2.24) is 4.98 Å². The molecule has 5 heteroatoms. The molecular formula is C9H5BrFNOS. The predicted octanol–water partition coefficient (Wildman–Crippen LogP) is 3.84. The molecular weight excluding hydrogens is 269 g/mol. The summed E-state index contributed by atoms with van der Waals surface area (Å²) in [5, 5.41) is 2.20. The van der Waals surface area contributed by atoms with Crippen molar-refractivity contribution in [2.75, 3.05) is 0 Å². The zero-order valence-corrected chi connectivity index (χ0v) is 9.31. The van der Waals surface area contributed by atoms with Crippen LogP contribution in [0.25, 0.3) is 0 Å². The number of thiazole rings is 1. The monoisotopic (exact) mass is 273 g/mol. The molecule has 14 heavy (non-hydrogen) atoms. The summed E-state index contributed by atoms with van der Waals surface area (Å²) in [7, 11) is 0. The van der Waals surface area contributed by atoms with Crippen LogP contribution in [0.2, 0.25) is 0 Å². The van der Waals surface area contributed by atoms with Crippen LogP contribution in [0.3, 0.4) is 0 Å². The lowest BCUT2D eigenvalue weighted by Gasteiger charge is -2.02. The van der Waals surface area contributed by atoms with Crippen molar-refractivity contribution in [1.29, 1.82) is 0 Å². The van der Waals surface area contributed by atoms with Crippen molar-refractivity contribution in [3.63, 3.8) is 0 Å². The zero-order valence-electron chi connectivity index (χ0n) is 6.91. The summed E-state index contributed by atoms with van der Waals surface area (Å²) >= 11 is 4.55. The van der Waals surface area contributed by atoms with Crippen LogP contribution >= 0.6 is 27.3 Å². The quantitative estimate of drug-likeness (QED) is 0.830. The Balaban J connectivity index is 2.28. The second-order valence-electron chi connectivity index (χ2n) is 2.47. The van der Waals surface area contributed by atoms with Gasteiger partial charge in [-0.3, -0.25) is 0 Å². The van der Waals surface area contributed by atoms with Gasteiger partial charge < -0.3 is 4.74 Å². The molecule has 0 amide bonds. The van der Waals surface area contributed by atoms with Crippen molar-refractivity contribution in [2.24, 2.45) is 0 Å². The number of ether oxygens (including phenoxy) is 1. The van der Waals surface area contributed by atoms with Crippen LogP contribution in [-0.4, -0.2) is 4.98 Å². The highest BCUT2D eigenvalue weighted by Crippen LogP contribution is 2.28. The molecule has 0 aliphatic carbocycles. The topological polar surface area (TPSA) is 22.1 Å². The normalized spacial score (nSPS) is 10.1. The fourth-order valence-electron chi connectivity index (χ4n) is 0.910. The number of nitrogens with zero attached hydrogens (tertiary/aromatic N) is 1. The van der Waals surface area contributed by atoms with Crippen molar-refractivity contribution in [3.8, 4) is 10.9 Å². The molecule has 0 N–H and O–H groups in total. The van der Waals surface area contributed by atoms with E-state index in [1.165, 1.54) is 17.4 Å². The first-order valence-corrected chi connectivity index (χ1v) is 5.45. The largest absolute Gasteiger partial charge is 0.428 e. The summed E-state index contributed by atoms with van der Waals surface area (Å²) in [6.45, 7) is 0. The first kappa shape index (κ1) is 9.61. The Morgan fingerprint density at radius 3 is 3.00 bits per heavy atom. The molecule has 2 nitrogen and oxygen atoms in total. The summed E-state index contributed by atoms with van der Waals surface area (Å²) in [6.07, 6.45) is 1.61. The molecule has 0 bridgehead atoms. The fourth-order valence-corrected chi connectivity index (χ4v) is 1.75. The smallest absolute Gasteiger partial charge is 0.278 e. The van der Waals surface area contributed by atoms with Gasteiger partial charge in [0.05, 0.1) is 0 Å². The summed E-state index contributed by atoms with van der Waals surface area (Å²) in [5.74, 6) is -0.224. The average molecular weight is 274 g/mol. The number of rotatable bonds is 2. The van der Waals surface area contributed by atoms with Gasteiger partial charge in [0.1, 0.15) is 0 Å². The summed E-state index contributed by atoms with van der Waals surface area (Å²) in [4.78, 5) is 3.90. The third kappa shape index (κ3) is 2.10. The highest BCUT2D eigenvalue weighted by molar-refractivity contribution is 9.10. The summed E-state index contributed by atoms with van der Waals surface area (Å²) < 4.78 is 19.2. The molecule has 0 saturated heterocycles. The molecule has 0 unspecified atom stereocenters. The van der Waals surface area contributed by atoms with Gasteiger partial charge in [0.15, 0.2) is 11.6 Å². The Bertz CT molecular complexity index is 432. The van der Waals surface area contributed by atoms with Crippen LogP contribution < -0.4 is 4.74 Å². The van der Waals surface area contributed by atoms with E-state index in [0.29, 0.717) is 5.19 Å². The predicted molar refractivity (Wildman–Crippen MR) is 56.3 cm³/mol. The molecule has 2 aromatic rings. The Labute approximate surface area is 92.5 Å². The Hall–Kier alpha value is -0.940. The molecule has 1 aromatic carbocycles. The standard InChI is InChI=1S/C9H5BrFNOS/c10-6-1-2-7(11)8(5-6)13-9-12-3-4-14-9/h1-5H. The maximum atomic E-state index is 13.2. The van der Waals surface area contributed by atoms with Crippen molar-refractivity contribution < 1.29 is 9.13 Å². The Morgan fingerprint density at radius 2 is 2.29 bits per heavy atom. The molecule has 72 valence electrons. The van der Waals surface area contributed by atoms with Gasteiger partial charge >= 0.3 is 0 Å². The highest BCUT2D eigenvalue weighted by atomic mass is 79.9. The van der Waals surface area contributed by atoms with E-state index in [1.807, 2.05) is 0 Å². The minimum atomic E-state index is -0.400. The molecule has 0 saturated carbocycles. The molecule has 0 radical (unpaired) electrons. The summed E-state index contributed by atoms with van der Waals surface area (Å²) in [5.41, 5.74) is 0. The van der Waals surface area contributed by atoms with Gasteiger partial charge in [-0.05, 0) is 18.2 Å². The van der Waals surface area contributed by atoms with E-state index >= 15 is 0 Å². The number of benzene rings is 1. The van der Waals surface area contributed by atoms with E-state index < -0.39 is 5.82 Å². The van der Waals surface area contributed by atoms with E-state index in [-0.39, 0.29) is 5.75 Å². The first-order valence-electron chi connectivity index (χ1n) is 3.78. The maximum Gasteiger partial charge on any atom is 0.278 e. The number of hydrogen-bond acceptors (Lipinski definition) is 3. The minimum absolute atomic E-state index is 0.175. The van der Waals surface area contributed by atoms with Crippen LogP contribution in [0.5, 0.6) is 10.9 Å². The Kier molecular flexibility index (Phi) is 2.79. The molecule has 2 rings (SSSR count).